The van der Waals surface area contributed by atoms with Crippen LogP contribution in [0.4, 0.5) is 5.69 Å². The molecule has 1 aliphatic rings. The van der Waals surface area contributed by atoms with E-state index in [1.54, 1.807) is 0 Å². The summed E-state index contributed by atoms with van der Waals surface area (Å²) in [5, 5.41) is 9.23. The summed E-state index contributed by atoms with van der Waals surface area (Å²) in [6.07, 6.45) is 1.95. The number of anilines is 1. The number of nitrogens with zero attached hydrogens (tertiary/aromatic N) is 4. The van der Waals surface area contributed by atoms with E-state index in [1.165, 1.54) is 17.3 Å². The molecule has 152 valence electrons. The molecular formula is C21H25N5O2S. The van der Waals surface area contributed by atoms with Crippen LogP contribution >= 0.6 is 12.2 Å². The molecule has 3 aromatic rings. The van der Waals surface area contributed by atoms with E-state index in [0.717, 1.165) is 49.4 Å². The van der Waals surface area contributed by atoms with Gasteiger partial charge in [0, 0.05) is 74.2 Å². The van der Waals surface area contributed by atoms with Crippen LogP contribution < -0.4 is 10.9 Å². The molecule has 0 amide bonds. The summed E-state index contributed by atoms with van der Waals surface area (Å²) in [6.45, 7) is 8.55. The van der Waals surface area contributed by atoms with Crippen molar-refractivity contribution < 1.29 is 4.42 Å². The first-order valence-electron chi connectivity index (χ1n) is 9.71. The number of thiocarbonyl (C=S) groups is 1. The number of hydrogen-bond acceptors (Lipinski definition) is 5. The van der Waals surface area contributed by atoms with Crippen molar-refractivity contribution in [3.05, 3.63) is 57.7 Å². The van der Waals surface area contributed by atoms with Gasteiger partial charge in [0.05, 0.1) is 6.20 Å². The van der Waals surface area contributed by atoms with Crippen molar-refractivity contribution in [2.24, 2.45) is 7.05 Å². The maximum absolute atomic E-state index is 11.6. The van der Waals surface area contributed by atoms with Crippen LogP contribution in [0.3, 0.4) is 0 Å². The number of rotatable bonds is 3. The topological polar surface area (TPSA) is 66.5 Å². The third-order valence-electron chi connectivity index (χ3n) is 5.59. The van der Waals surface area contributed by atoms with Crippen LogP contribution in [0.25, 0.3) is 11.0 Å². The molecule has 1 N–H and O–H groups in total. The summed E-state index contributed by atoms with van der Waals surface area (Å²) in [6, 6.07) is 7.25. The predicted molar refractivity (Wildman–Crippen MR) is 118 cm³/mol. The van der Waals surface area contributed by atoms with Gasteiger partial charge in [-0.05, 0) is 43.8 Å². The van der Waals surface area contributed by atoms with Crippen LogP contribution in [0, 0.1) is 13.8 Å². The molecule has 1 saturated heterocycles. The minimum Gasteiger partial charge on any atom is -0.423 e. The van der Waals surface area contributed by atoms with Gasteiger partial charge in [-0.25, -0.2) is 4.79 Å². The first-order valence-corrected chi connectivity index (χ1v) is 10.1. The number of aryl methyl sites for hydroxylation is 2. The summed E-state index contributed by atoms with van der Waals surface area (Å²) >= 11 is 5.61. The predicted octanol–water partition coefficient (Wildman–Crippen LogP) is 2.66. The van der Waals surface area contributed by atoms with Gasteiger partial charge in [0.25, 0.3) is 0 Å². The smallest absolute Gasteiger partial charge is 0.336 e. The quantitative estimate of drug-likeness (QED) is 0.525. The highest BCUT2D eigenvalue weighted by Gasteiger charge is 2.20. The van der Waals surface area contributed by atoms with Gasteiger partial charge in [0.15, 0.2) is 5.11 Å². The molecule has 29 heavy (non-hydrogen) atoms. The number of aromatic nitrogens is 2. The molecule has 0 radical (unpaired) electrons. The van der Waals surface area contributed by atoms with Gasteiger partial charge in [-0.1, -0.05) is 0 Å². The molecule has 7 nitrogen and oxygen atoms in total. The molecule has 1 aliphatic heterocycles. The Balaban J connectivity index is 1.37. The normalized spacial score (nSPS) is 15.1. The SMILES string of the molecule is Cc1cc(=O)oc2cc(NC(=S)N3CCN(Cc4cnn(C)c4C)CC3)ccc12. The van der Waals surface area contributed by atoms with Crippen molar-refractivity contribution in [1.82, 2.24) is 19.6 Å². The van der Waals surface area contributed by atoms with E-state index < -0.39 is 0 Å². The zero-order valence-corrected chi connectivity index (χ0v) is 17.8. The number of fused-ring (bicyclic) bond motifs is 1. The molecule has 0 atom stereocenters. The summed E-state index contributed by atoms with van der Waals surface area (Å²) in [7, 11) is 1.97. The molecule has 1 fully saturated rings. The van der Waals surface area contributed by atoms with Crippen LogP contribution in [0.2, 0.25) is 0 Å². The monoisotopic (exact) mass is 411 g/mol. The Morgan fingerprint density at radius 3 is 2.66 bits per heavy atom. The van der Waals surface area contributed by atoms with Crippen LogP contribution in [-0.4, -0.2) is 50.9 Å². The number of benzene rings is 1. The van der Waals surface area contributed by atoms with Crippen molar-refractivity contribution in [2.45, 2.75) is 20.4 Å². The Bertz CT molecular complexity index is 1110. The number of nitrogens with one attached hydrogen (secondary N) is 1. The minimum atomic E-state index is -0.338. The van der Waals surface area contributed by atoms with E-state index in [0.29, 0.717) is 10.7 Å². The molecule has 0 unspecified atom stereocenters. The lowest BCUT2D eigenvalue weighted by atomic mass is 10.1. The summed E-state index contributed by atoms with van der Waals surface area (Å²) < 4.78 is 7.24. The molecule has 4 rings (SSSR count). The molecule has 0 spiro atoms. The minimum absolute atomic E-state index is 0.338. The molecule has 0 bridgehead atoms. The second-order valence-corrected chi connectivity index (χ2v) is 7.92. The van der Waals surface area contributed by atoms with Crippen molar-refractivity contribution in [1.29, 1.82) is 0 Å². The van der Waals surface area contributed by atoms with Gasteiger partial charge < -0.3 is 14.6 Å². The summed E-state index contributed by atoms with van der Waals surface area (Å²) in [5.41, 5.74) is 4.45. The lowest BCUT2D eigenvalue weighted by Gasteiger charge is -2.36. The van der Waals surface area contributed by atoms with Crippen molar-refractivity contribution in [3.8, 4) is 0 Å². The van der Waals surface area contributed by atoms with Gasteiger partial charge in [-0.15, -0.1) is 0 Å². The third kappa shape index (κ3) is 4.18. The van der Waals surface area contributed by atoms with Crippen molar-refractivity contribution >= 4 is 34.0 Å². The van der Waals surface area contributed by atoms with Gasteiger partial charge in [-0.3, -0.25) is 9.58 Å². The molecule has 0 saturated carbocycles. The molecular weight excluding hydrogens is 386 g/mol. The average Bonchev–Trinajstić information content (AvgIpc) is 3.00. The Kier molecular flexibility index (Phi) is 5.38. The first kappa shape index (κ1) is 19.6. The van der Waals surface area contributed by atoms with E-state index in [1.807, 2.05) is 43.0 Å². The lowest BCUT2D eigenvalue weighted by Crippen LogP contribution is -2.49. The van der Waals surface area contributed by atoms with Crippen molar-refractivity contribution in [2.75, 3.05) is 31.5 Å². The molecule has 3 heterocycles. The van der Waals surface area contributed by atoms with Crippen LogP contribution in [-0.2, 0) is 13.6 Å². The highest BCUT2D eigenvalue weighted by atomic mass is 32.1. The number of hydrogen-bond donors (Lipinski definition) is 1. The molecule has 0 aliphatic carbocycles. The number of piperazine rings is 1. The third-order valence-corrected chi connectivity index (χ3v) is 5.95. The standard InChI is InChI=1S/C21H25N5O2S/c1-14-10-20(27)28-19-11-17(4-5-18(14)19)23-21(29)26-8-6-25(7-9-26)13-16-12-22-24(3)15(16)2/h4-5,10-12H,6-9,13H2,1-3H3,(H,23,29). The fourth-order valence-corrected chi connectivity index (χ4v) is 3.95. The molecule has 1 aromatic carbocycles. The van der Waals surface area contributed by atoms with Crippen LogP contribution in [0.5, 0.6) is 0 Å². The zero-order chi connectivity index (χ0) is 20.5. The summed E-state index contributed by atoms with van der Waals surface area (Å²) in [5.74, 6) is 0. The van der Waals surface area contributed by atoms with Crippen molar-refractivity contribution in [3.63, 3.8) is 0 Å². The summed E-state index contributed by atoms with van der Waals surface area (Å²) in [4.78, 5) is 16.2. The van der Waals surface area contributed by atoms with Crippen LogP contribution in [0.1, 0.15) is 16.8 Å². The van der Waals surface area contributed by atoms with Gasteiger partial charge in [0.2, 0.25) is 0 Å². The largest absolute Gasteiger partial charge is 0.423 e. The Morgan fingerprint density at radius 2 is 1.97 bits per heavy atom. The maximum atomic E-state index is 11.6. The van der Waals surface area contributed by atoms with E-state index in [4.69, 9.17) is 16.6 Å². The second kappa shape index (κ2) is 7.96. The first-order chi connectivity index (χ1) is 13.9. The highest BCUT2D eigenvalue weighted by Crippen LogP contribution is 2.21. The Hall–Kier alpha value is -2.71. The average molecular weight is 412 g/mol. The van der Waals surface area contributed by atoms with Gasteiger partial charge in [-0.2, -0.15) is 5.10 Å². The molecule has 2 aromatic heterocycles. The lowest BCUT2D eigenvalue weighted by molar-refractivity contribution is 0.176. The Morgan fingerprint density at radius 1 is 1.21 bits per heavy atom. The fourth-order valence-electron chi connectivity index (χ4n) is 3.65. The highest BCUT2D eigenvalue weighted by molar-refractivity contribution is 7.80. The van der Waals surface area contributed by atoms with Gasteiger partial charge in [0.1, 0.15) is 5.58 Å². The van der Waals surface area contributed by atoms with E-state index >= 15 is 0 Å². The Labute approximate surface area is 174 Å². The van der Waals surface area contributed by atoms with E-state index in [9.17, 15) is 4.79 Å². The van der Waals surface area contributed by atoms with E-state index in [-0.39, 0.29) is 5.63 Å². The fraction of sp³-hybridized carbons (Fsp3) is 0.381. The van der Waals surface area contributed by atoms with Gasteiger partial charge >= 0.3 is 5.63 Å². The molecule has 8 heteroatoms. The maximum Gasteiger partial charge on any atom is 0.336 e. The second-order valence-electron chi connectivity index (χ2n) is 7.53. The zero-order valence-electron chi connectivity index (χ0n) is 16.9. The van der Waals surface area contributed by atoms with Crippen LogP contribution in [0.15, 0.2) is 39.7 Å². The van der Waals surface area contributed by atoms with E-state index in [2.05, 4.69) is 27.1 Å².